The number of nitrogens with two attached hydrogens (primary N) is 1. The zero-order chi connectivity index (χ0) is 18.6. The molecule has 2 heterocycles. The summed E-state index contributed by atoms with van der Waals surface area (Å²) >= 11 is 0. The predicted octanol–water partition coefficient (Wildman–Crippen LogP) is 4.03. The van der Waals surface area contributed by atoms with E-state index in [2.05, 4.69) is 15.1 Å². The van der Waals surface area contributed by atoms with Gasteiger partial charge >= 0.3 is 6.18 Å². The van der Waals surface area contributed by atoms with Gasteiger partial charge in [-0.2, -0.15) is 18.3 Å². The van der Waals surface area contributed by atoms with Crippen LogP contribution in [0.2, 0.25) is 0 Å². The summed E-state index contributed by atoms with van der Waals surface area (Å²) in [4.78, 5) is 8.53. The molecule has 0 radical (unpaired) electrons. The van der Waals surface area contributed by atoms with Gasteiger partial charge in [0.15, 0.2) is 5.69 Å². The van der Waals surface area contributed by atoms with Crippen molar-refractivity contribution in [3.8, 4) is 11.3 Å². The summed E-state index contributed by atoms with van der Waals surface area (Å²) in [5, 5.41) is 3.75. The van der Waals surface area contributed by atoms with Crippen molar-refractivity contribution in [1.29, 1.82) is 0 Å². The number of hydrogen-bond donors (Lipinski definition) is 1. The minimum absolute atomic E-state index is 0.0438. The predicted molar refractivity (Wildman–Crippen MR) is 93.3 cm³/mol. The van der Waals surface area contributed by atoms with E-state index in [1.54, 1.807) is 24.3 Å². The zero-order valence-corrected chi connectivity index (χ0v) is 14.2. The van der Waals surface area contributed by atoms with Gasteiger partial charge in [0.2, 0.25) is 0 Å². The van der Waals surface area contributed by atoms with E-state index in [9.17, 15) is 13.2 Å². The van der Waals surface area contributed by atoms with Gasteiger partial charge in [0, 0.05) is 12.7 Å². The molecule has 0 aliphatic heterocycles. The van der Waals surface area contributed by atoms with E-state index in [0.717, 1.165) is 25.7 Å². The van der Waals surface area contributed by atoms with Crippen molar-refractivity contribution in [3.63, 3.8) is 0 Å². The van der Waals surface area contributed by atoms with Crippen molar-refractivity contribution >= 4 is 11.0 Å². The molecule has 0 bridgehead atoms. The van der Waals surface area contributed by atoms with Gasteiger partial charge in [-0.15, -0.1) is 0 Å². The summed E-state index contributed by atoms with van der Waals surface area (Å²) < 4.78 is 41.6. The molecule has 0 amide bonds. The van der Waals surface area contributed by atoms with Gasteiger partial charge in [-0.05, 0) is 31.5 Å². The number of nitrogens with zero attached hydrogens (tertiary/aromatic N) is 4. The highest BCUT2D eigenvalue weighted by Crippen LogP contribution is 2.35. The number of unbranched alkanes of at least 4 members (excludes halogenated alkanes) is 3. The fourth-order valence-corrected chi connectivity index (χ4v) is 2.79. The third-order valence-electron chi connectivity index (χ3n) is 4.10. The molecule has 1 aromatic carbocycles. The summed E-state index contributed by atoms with van der Waals surface area (Å²) in [6.45, 7) is 1.05. The number of aryl methyl sites for hydroxylation is 1. The number of halogens is 3. The minimum atomic E-state index is -4.55. The molecule has 3 aromatic rings. The smallest absolute Gasteiger partial charge is 0.330 e. The van der Waals surface area contributed by atoms with Gasteiger partial charge in [0.25, 0.3) is 0 Å². The van der Waals surface area contributed by atoms with Crippen molar-refractivity contribution in [3.05, 3.63) is 42.4 Å². The van der Waals surface area contributed by atoms with Gasteiger partial charge in [-0.1, -0.05) is 25.0 Å². The molecular formula is C18H20F3N5. The maximum atomic E-state index is 13.4. The Hall–Kier alpha value is -2.48. The average Bonchev–Trinajstić information content (AvgIpc) is 3.06. The van der Waals surface area contributed by atoms with Crippen LogP contribution >= 0.6 is 0 Å². The summed E-state index contributed by atoms with van der Waals surface area (Å²) in [6, 6.07) is 7.07. The van der Waals surface area contributed by atoms with Gasteiger partial charge in [-0.25, -0.2) is 4.98 Å². The van der Waals surface area contributed by atoms with Crippen LogP contribution in [-0.2, 0) is 12.7 Å². The van der Waals surface area contributed by atoms with Crippen LogP contribution in [0.25, 0.3) is 22.3 Å². The van der Waals surface area contributed by atoms with Crippen LogP contribution in [0.15, 0.2) is 36.7 Å². The molecule has 0 saturated carbocycles. The van der Waals surface area contributed by atoms with E-state index in [4.69, 9.17) is 5.73 Å². The zero-order valence-electron chi connectivity index (χ0n) is 14.2. The number of aromatic nitrogens is 4. The standard InChI is InChI=1S/C18H20F3N5/c19-18(20,21)17-13(12-26(25-17)10-6-2-1-5-9-22)16-11-23-14-7-3-4-8-15(14)24-16/h3-4,7-8,11-12H,1-2,5-6,9-10,22H2. The van der Waals surface area contributed by atoms with Crippen molar-refractivity contribution in [2.24, 2.45) is 5.73 Å². The van der Waals surface area contributed by atoms with Crippen molar-refractivity contribution in [2.75, 3.05) is 6.54 Å². The second-order valence-corrected chi connectivity index (χ2v) is 6.10. The summed E-state index contributed by atoms with van der Waals surface area (Å²) in [5.74, 6) is 0. The van der Waals surface area contributed by atoms with E-state index in [0.29, 0.717) is 24.1 Å². The molecule has 0 atom stereocenters. The van der Waals surface area contributed by atoms with Crippen LogP contribution in [0.1, 0.15) is 31.4 Å². The first kappa shape index (κ1) is 18.3. The molecule has 2 aromatic heterocycles. The van der Waals surface area contributed by atoms with Crippen molar-refractivity contribution in [1.82, 2.24) is 19.7 Å². The third-order valence-corrected chi connectivity index (χ3v) is 4.10. The Morgan fingerprint density at radius 3 is 2.46 bits per heavy atom. The van der Waals surface area contributed by atoms with Crippen LogP contribution in [0.5, 0.6) is 0 Å². The lowest BCUT2D eigenvalue weighted by Crippen LogP contribution is -2.09. The molecule has 138 valence electrons. The molecule has 0 aliphatic carbocycles. The fraction of sp³-hybridized carbons (Fsp3) is 0.389. The van der Waals surface area contributed by atoms with Crippen molar-refractivity contribution < 1.29 is 13.2 Å². The molecule has 0 unspecified atom stereocenters. The van der Waals surface area contributed by atoms with E-state index >= 15 is 0 Å². The monoisotopic (exact) mass is 363 g/mol. The van der Waals surface area contributed by atoms with Gasteiger partial charge in [0.05, 0.1) is 28.5 Å². The first-order valence-electron chi connectivity index (χ1n) is 8.56. The van der Waals surface area contributed by atoms with E-state index in [1.807, 2.05) is 0 Å². The quantitative estimate of drug-likeness (QED) is 0.644. The highest BCUT2D eigenvalue weighted by molar-refractivity contribution is 5.77. The van der Waals surface area contributed by atoms with Crippen LogP contribution in [0.4, 0.5) is 13.2 Å². The molecule has 8 heteroatoms. The lowest BCUT2D eigenvalue weighted by Gasteiger charge is -2.06. The lowest BCUT2D eigenvalue weighted by molar-refractivity contribution is -0.141. The van der Waals surface area contributed by atoms with Crippen LogP contribution in [0, 0.1) is 0 Å². The second kappa shape index (κ2) is 7.82. The van der Waals surface area contributed by atoms with Gasteiger partial charge in [0.1, 0.15) is 0 Å². The second-order valence-electron chi connectivity index (χ2n) is 6.10. The molecule has 3 rings (SSSR count). The molecule has 5 nitrogen and oxygen atoms in total. The number of rotatable bonds is 7. The molecule has 0 saturated heterocycles. The number of fused-ring (bicyclic) bond motifs is 1. The van der Waals surface area contributed by atoms with Crippen LogP contribution < -0.4 is 5.73 Å². The molecular weight excluding hydrogens is 343 g/mol. The maximum absolute atomic E-state index is 13.4. The Kier molecular flexibility index (Phi) is 5.51. The Morgan fingerprint density at radius 1 is 1.00 bits per heavy atom. The normalized spacial score (nSPS) is 12.0. The van der Waals surface area contributed by atoms with Gasteiger partial charge in [-0.3, -0.25) is 9.67 Å². The Labute approximate surface area is 149 Å². The third kappa shape index (κ3) is 4.19. The molecule has 0 aliphatic rings. The summed E-state index contributed by atoms with van der Waals surface area (Å²) in [5.41, 5.74) is 5.83. The lowest BCUT2D eigenvalue weighted by atomic mass is 10.1. The number of hydrogen-bond acceptors (Lipinski definition) is 4. The topological polar surface area (TPSA) is 69.6 Å². The Bertz CT molecular complexity index is 873. The maximum Gasteiger partial charge on any atom is 0.435 e. The SMILES string of the molecule is NCCCCCCn1cc(-c2cnc3ccccc3n2)c(C(F)(F)F)n1. The Balaban J connectivity index is 1.88. The van der Waals surface area contributed by atoms with E-state index in [1.165, 1.54) is 17.1 Å². The summed E-state index contributed by atoms with van der Waals surface area (Å²) in [7, 11) is 0. The largest absolute Gasteiger partial charge is 0.435 e. The Morgan fingerprint density at radius 2 is 1.73 bits per heavy atom. The van der Waals surface area contributed by atoms with E-state index < -0.39 is 11.9 Å². The van der Waals surface area contributed by atoms with Crippen LogP contribution in [-0.4, -0.2) is 26.3 Å². The van der Waals surface area contributed by atoms with E-state index in [-0.39, 0.29) is 11.3 Å². The number of para-hydroxylation sites is 2. The number of alkyl halides is 3. The van der Waals surface area contributed by atoms with Gasteiger partial charge < -0.3 is 5.73 Å². The highest BCUT2D eigenvalue weighted by Gasteiger charge is 2.38. The molecule has 26 heavy (non-hydrogen) atoms. The first-order valence-corrected chi connectivity index (χ1v) is 8.56. The fourth-order valence-electron chi connectivity index (χ4n) is 2.79. The highest BCUT2D eigenvalue weighted by atomic mass is 19.4. The minimum Gasteiger partial charge on any atom is -0.330 e. The van der Waals surface area contributed by atoms with Crippen molar-refractivity contribution in [2.45, 2.75) is 38.4 Å². The molecule has 0 fully saturated rings. The molecule has 2 N–H and O–H groups in total. The first-order chi connectivity index (χ1) is 12.5. The summed E-state index contributed by atoms with van der Waals surface area (Å²) in [6.07, 6.45) is 1.77. The molecule has 0 spiro atoms. The average molecular weight is 363 g/mol. The number of benzene rings is 1. The van der Waals surface area contributed by atoms with Crippen LogP contribution in [0.3, 0.4) is 0 Å².